The lowest BCUT2D eigenvalue weighted by atomic mass is 9.86. The molecule has 0 aliphatic carbocycles. The van der Waals surface area contributed by atoms with Gasteiger partial charge in [-0.25, -0.2) is 4.58 Å². The molecule has 6 heteroatoms. The molecule has 0 aromatic carbocycles. The molecule has 0 saturated heterocycles. The SMILES string of the molecule is CCCCCC(=O)C(C(=O)OCC)C(/C(C=[N+](C)C)=C/N(C)C)N(C)C. The van der Waals surface area contributed by atoms with Crippen LogP contribution in [0.25, 0.3) is 0 Å². The summed E-state index contributed by atoms with van der Waals surface area (Å²) >= 11 is 0. The Balaban J connectivity index is 6.00. The summed E-state index contributed by atoms with van der Waals surface area (Å²) in [7, 11) is 11.5. The van der Waals surface area contributed by atoms with Gasteiger partial charge in [0.25, 0.3) is 0 Å². The van der Waals surface area contributed by atoms with Crippen molar-refractivity contribution in [2.75, 3.05) is 48.9 Å². The highest BCUT2D eigenvalue weighted by Crippen LogP contribution is 2.22. The Hall–Kier alpha value is -1.69. The second-order valence-corrected chi connectivity index (χ2v) is 7.25. The highest BCUT2D eigenvalue weighted by atomic mass is 16.5. The molecular weight excluding hydrogens is 330 g/mol. The summed E-state index contributed by atoms with van der Waals surface area (Å²) in [6.07, 6.45) is 7.13. The first-order chi connectivity index (χ1) is 12.1. The van der Waals surface area contributed by atoms with Gasteiger partial charge in [-0.2, -0.15) is 0 Å². The molecule has 0 heterocycles. The fourth-order valence-corrected chi connectivity index (χ4v) is 2.94. The monoisotopic (exact) mass is 368 g/mol. The standard InChI is InChI=1S/C20H38N3O3/c1-9-11-12-13-17(24)18(20(25)26-10-2)19(23(7)8)16(14-21(3)4)15-22(5)6/h14-15,18-19H,9-13H2,1-8H3/q+1. The summed E-state index contributed by atoms with van der Waals surface area (Å²) in [6.45, 7) is 4.13. The average molecular weight is 369 g/mol. The Kier molecular flexibility index (Phi) is 11.8. The van der Waals surface area contributed by atoms with Crippen LogP contribution in [0.5, 0.6) is 0 Å². The lowest BCUT2D eigenvalue weighted by molar-refractivity contribution is -0.459. The van der Waals surface area contributed by atoms with Gasteiger partial charge in [-0.3, -0.25) is 9.59 Å². The van der Waals surface area contributed by atoms with Crippen LogP contribution in [-0.4, -0.2) is 87.3 Å². The van der Waals surface area contributed by atoms with Crippen molar-refractivity contribution in [3.63, 3.8) is 0 Å². The van der Waals surface area contributed by atoms with Gasteiger partial charge in [0.15, 0.2) is 6.21 Å². The molecule has 0 spiro atoms. The van der Waals surface area contributed by atoms with Crippen molar-refractivity contribution in [3.8, 4) is 0 Å². The maximum Gasteiger partial charge on any atom is 0.318 e. The summed E-state index contributed by atoms with van der Waals surface area (Å²) in [5, 5.41) is 0. The van der Waals surface area contributed by atoms with Crippen LogP contribution in [0.1, 0.15) is 39.5 Å². The molecule has 0 N–H and O–H groups in total. The largest absolute Gasteiger partial charge is 0.465 e. The predicted molar refractivity (Wildman–Crippen MR) is 107 cm³/mol. The fraction of sp³-hybridized carbons (Fsp3) is 0.750. The number of rotatable bonds is 12. The number of unbranched alkanes of at least 4 members (excludes halogenated alkanes) is 2. The first kappa shape index (κ1) is 24.3. The fourth-order valence-electron chi connectivity index (χ4n) is 2.94. The molecule has 150 valence electrons. The van der Waals surface area contributed by atoms with Gasteiger partial charge in [0.1, 0.15) is 25.8 Å². The maximum atomic E-state index is 13.0. The number of Topliss-reactive ketones (excluding diaryl/α,β-unsaturated/α-hetero) is 1. The van der Waals surface area contributed by atoms with E-state index in [9.17, 15) is 9.59 Å². The third-order valence-electron chi connectivity index (χ3n) is 3.94. The van der Waals surface area contributed by atoms with E-state index in [-0.39, 0.29) is 18.4 Å². The Morgan fingerprint density at radius 1 is 1.08 bits per heavy atom. The predicted octanol–water partition coefficient (Wildman–Crippen LogP) is 2.03. The van der Waals surface area contributed by atoms with Gasteiger partial charge >= 0.3 is 5.97 Å². The summed E-state index contributed by atoms with van der Waals surface area (Å²) in [4.78, 5) is 29.5. The van der Waals surface area contributed by atoms with Crippen molar-refractivity contribution >= 4 is 18.0 Å². The smallest absolute Gasteiger partial charge is 0.318 e. The van der Waals surface area contributed by atoms with Gasteiger partial charge in [0, 0.05) is 32.3 Å². The zero-order valence-corrected chi connectivity index (χ0v) is 17.9. The molecule has 0 amide bonds. The second kappa shape index (κ2) is 12.6. The maximum absolute atomic E-state index is 13.0. The normalized spacial score (nSPS) is 14.0. The van der Waals surface area contributed by atoms with E-state index >= 15 is 0 Å². The van der Waals surface area contributed by atoms with E-state index in [4.69, 9.17) is 4.74 Å². The topological polar surface area (TPSA) is 52.9 Å². The Morgan fingerprint density at radius 2 is 1.69 bits per heavy atom. The molecule has 0 saturated carbocycles. The van der Waals surface area contributed by atoms with Crippen LogP contribution in [0, 0.1) is 5.92 Å². The third kappa shape index (κ3) is 8.61. The minimum absolute atomic E-state index is 0.0487. The molecule has 0 radical (unpaired) electrons. The van der Waals surface area contributed by atoms with Gasteiger partial charge in [0.2, 0.25) is 0 Å². The van der Waals surface area contributed by atoms with Crippen LogP contribution in [0.2, 0.25) is 0 Å². The van der Waals surface area contributed by atoms with Crippen LogP contribution in [0.15, 0.2) is 11.8 Å². The van der Waals surface area contributed by atoms with E-state index < -0.39 is 11.9 Å². The number of carbonyl (C=O) groups excluding carboxylic acids is 2. The van der Waals surface area contributed by atoms with Crippen molar-refractivity contribution in [1.82, 2.24) is 9.80 Å². The number of nitrogens with zero attached hydrogens (tertiary/aromatic N) is 3. The Labute approximate surface area is 159 Å². The van der Waals surface area contributed by atoms with Gasteiger partial charge < -0.3 is 14.5 Å². The second-order valence-electron chi connectivity index (χ2n) is 7.25. The van der Waals surface area contributed by atoms with Crippen LogP contribution >= 0.6 is 0 Å². The van der Waals surface area contributed by atoms with Crippen molar-refractivity contribution < 1.29 is 18.9 Å². The summed E-state index contributed by atoms with van der Waals surface area (Å²) in [5.74, 6) is -1.32. The van der Waals surface area contributed by atoms with E-state index in [0.29, 0.717) is 6.42 Å². The summed E-state index contributed by atoms with van der Waals surface area (Å²) < 4.78 is 7.19. The highest BCUT2D eigenvalue weighted by molar-refractivity contribution is 6.01. The van der Waals surface area contributed by atoms with Crippen LogP contribution in [0.4, 0.5) is 0 Å². The van der Waals surface area contributed by atoms with Crippen molar-refractivity contribution in [2.24, 2.45) is 5.92 Å². The molecule has 0 fully saturated rings. The van der Waals surface area contributed by atoms with E-state index in [1.807, 2.05) is 69.1 Å². The van der Waals surface area contributed by atoms with Crippen LogP contribution in [-0.2, 0) is 14.3 Å². The number of hydrogen-bond acceptors (Lipinski definition) is 5. The highest BCUT2D eigenvalue weighted by Gasteiger charge is 2.39. The molecule has 0 aromatic rings. The lowest BCUT2D eigenvalue weighted by Crippen LogP contribution is -2.46. The van der Waals surface area contributed by atoms with Gasteiger partial charge in [-0.1, -0.05) is 19.8 Å². The number of ether oxygens (including phenoxy) is 1. The van der Waals surface area contributed by atoms with Crippen LogP contribution in [0.3, 0.4) is 0 Å². The number of hydrogen-bond donors (Lipinski definition) is 0. The van der Waals surface area contributed by atoms with Crippen molar-refractivity contribution in [2.45, 2.75) is 45.6 Å². The van der Waals surface area contributed by atoms with E-state index in [2.05, 4.69) is 6.92 Å². The molecule has 0 rings (SSSR count). The zero-order chi connectivity index (χ0) is 20.3. The van der Waals surface area contributed by atoms with Crippen LogP contribution < -0.4 is 0 Å². The lowest BCUT2D eigenvalue weighted by Gasteiger charge is -2.31. The van der Waals surface area contributed by atoms with E-state index in [0.717, 1.165) is 24.8 Å². The Morgan fingerprint density at radius 3 is 2.12 bits per heavy atom. The minimum Gasteiger partial charge on any atom is -0.465 e. The van der Waals surface area contributed by atoms with Crippen molar-refractivity contribution in [3.05, 3.63) is 11.8 Å². The van der Waals surface area contributed by atoms with E-state index in [1.165, 1.54) is 0 Å². The van der Waals surface area contributed by atoms with Gasteiger partial charge in [0.05, 0.1) is 12.6 Å². The number of likely N-dealkylation sites (N-methyl/N-ethyl adjacent to an activating group) is 1. The molecule has 0 aliphatic heterocycles. The first-order valence-corrected chi connectivity index (χ1v) is 9.40. The van der Waals surface area contributed by atoms with Gasteiger partial charge in [-0.05, 0) is 27.4 Å². The third-order valence-corrected chi connectivity index (χ3v) is 3.94. The molecule has 6 nitrogen and oxygen atoms in total. The van der Waals surface area contributed by atoms with Gasteiger partial charge in [-0.15, -0.1) is 0 Å². The molecule has 2 atom stereocenters. The Bertz CT molecular complexity index is 506. The molecule has 0 aromatic heterocycles. The summed E-state index contributed by atoms with van der Waals surface area (Å²) in [6, 6.07) is -0.382. The minimum atomic E-state index is -0.829. The molecule has 26 heavy (non-hydrogen) atoms. The van der Waals surface area contributed by atoms with E-state index in [1.54, 1.807) is 6.92 Å². The number of carbonyl (C=O) groups is 2. The molecule has 0 bridgehead atoms. The average Bonchev–Trinajstić information content (AvgIpc) is 2.50. The molecule has 0 aliphatic rings. The quantitative estimate of drug-likeness (QED) is 0.173. The van der Waals surface area contributed by atoms with Crippen molar-refractivity contribution in [1.29, 1.82) is 0 Å². The molecular formula is C20H38N3O3+. The molecule has 2 unspecified atom stereocenters. The summed E-state index contributed by atoms with van der Waals surface area (Å²) in [5.41, 5.74) is 0.895. The number of ketones is 1. The number of esters is 1. The first-order valence-electron chi connectivity index (χ1n) is 9.40. The zero-order valence-electron chi connectivity index (χ0n) is 17.9.